The van der Waals surface area contributed by atoms with Gasteiger partial charge in [0.2, 0.25) is 0 Å². The van der Waals surface area contributed by atoms with Crippen molar-refractivity contribution in [1.82, 2.24) is 0 Å². The lowest BCUT2D eigenvalue weighted by Crippen LogP contribution is -2.40. The molecule has 0 saturated heterocycles. The molecule has 0 aliphatic carbocycles. The van der Waals surface area contributed by atoms with E-state index >= 15 is 0 Å². The summed E-state index contributed by atoms with van der Waals surface area (Å²) >= 11 is 0. The van der Waals surface area contributed by atoms with Crippen molar-refractivity contribution >= 4 is 31.5 Å². The highest BCUT2D eigenvalue weighted by molar-refractivity contribution is 6.84. The lowest BCUT2D eigenvalue weighted by atomic mass is 10.2. The molecule has 0 spiro atoms. The molecule has 3 nitrogen and oxygen atoms in total. The molecule has 0 bridgehead atoms. The minimum atomic E-state index is -1.69. The summed E-state index contributed by atoms with van der Waals surface area (Å²) < 4.78 is 20.0. The van der Waals surface area contributed by atoms with Gasteiger partial charge in [0.05, 0.1) is 16.1 Å². The molecule has 0 heterocycles. The SMILES string of the molecule is CCCC/C=C(/OB(O/C(=C/CCCC)[Si](C)(C)C)O/C(=C/CCCC)[Si](C)(C)C)[Si](C)(C)C. The first-order chi connectivity index (χ1) is 15.7. The fourth-order valence-electron chi connectivity index (χ4n) is 3.29. The van der Waals surface area contributed by atoms with Crippen LogP contribution < -0.4 is 0 Å². The smallest absolute Gasteiger partial charge is 0.498 e. The van der Waals surface area contributed by atoms with Crippen LogP contribution in [0.4, 0.5) is 0 Å². The minimum Gasteiger partial charge on any atom is -0.498 e. The zero-order chi connectivity index (χ0) is 26.4. The highest BCUT2D eigenvalue weighted by Gasteiger charge is 2.40. The van der Waals surface area contributed by atoms with Crippen molar-refractivity contribution in [2.24, 2.45) is 0 Å². The Hall–Kier alpha value is -0.664. The van der Waals surface area contributed by atoms with Crippen molar-refractivity contribution in [3.05, 3.63) is 34.4 Å². The molecule has 0 rings (SSSR count). The Morgan fingerprint density at radius 2 is 0.735 bits per heavy atom. The van der Waals surface area contributed by atoms with Crippen LogP contribution in [0.2, 0.25) is 58.9 Å². The maximum atomic E-state index is 6.67. The molecule has 0 N–H and O–H groups in total. The summed E-state index contributed by atoms with van der Waals surface area (Å²) in [7, 11) is -5.80. The third-order valence-corrected chi connectivity index (χ3v) is 11.0. The molecule has 7 heteroatoms. The average molecular weight is 525 g/mol. The van der Waals surface area contributed by atoms with Crippen molar-refractivity contribution in [2.45, 2.75) is 137 Å². The van der Waals surface area contributed by atoms with Gasteiger partial charge in [-0.2, -0.15) is 0 Å². The fraction of sp³-hybridized carbons (Fsp3) is 0.778. The average Bonchev–Trinajstić information content (AvgIpc) is 2.69. The molecular weight excluding hydrogens is 467 g/mol. The molecule has 34 heavy (non-hydrogen) atoms. The second kappa shape index (κ2) is 16.2. The van der Waals surface area contributed by atoms with Crippen LogP contribution >= 0.6 is 0 Å². The number of unbranched alkanes of at least 4 members (excludes halogenated alkanes) is 6. The van der Waals surface area contributed by atoms with Crippen LogP contribution in [0.5, 0.6) is 0 Å². The van der Waals surface area contributed by atoms with Gasteiger partial charge in [0.15, 0.2) is 0 Å². The van der Waals surface area contributed by atoms with Crippen LogP contribution in [-0.2, 0) is 14.0 Å². The van der Waals surface area contributed by atoms with Crippen molar-refractivity contribution < 1.29 is 14.0 Å². The van der Waals surface area contributed by atoms with E-state index in [1.54, 1.807) is 0 Å². The van der Waals surface area contributed by atoms with Gasteiger partial charge in [-0.05, 0) is 38.5 Å². The first-order valence-corrected chi connectivity index (χ1v) is 24.3. The predicted molar refractivity (Wildman–Crippen MR) is 162 cm³/mol. The second-order valence-electron chi connectivity index (χ2n) is 12.5. The highest BCUT2D eigenvalue weighted by atomic mass is 28.3. The normalized spacial score (nSPS) is 14.3. The van der Waals surface area contributed by atoms with Crippen LogP contribution in [0.1, 0.15) is 78.6 Å². The van der Waals surface area contributed by atoms with Gasteiger partial charge in [-0.15, -0.1) is 0 Å². The maximum absolute atomic E-state index is 6.67. The van der Waals surface area contributed by atoms with Gasteiger partial charge in [0.25, 0.3) is 0 Å². The summed E-state index contributed by atoms with van der Waals surface area (Å²) in [5.41, 5.74) is 0. The molecule has 0 radical (unpaired) electrons. The van der Waals surface area contributed by atoms with E-state index in [4.69, 9.17) is 14.0 Å². The zero-order valence-corrected chi connectivity index (χ0v) is 27.9. The standard InChI is InChI=1S/C27H57BO3Si3/c1-13-16-19-22-25(32(4,5)6)29-28(30-26(33(7,8)9)23-20-17-14-2)31-27(34(10,11)12)24-21-18-15-3/h22-24H,13-21H2,1-12H3/b25-22-,26-23-,27-24-. The number of allylic oxidation sites excluding steroid dienone is 3. The molecular formula is C27H57BO3Si3. The third kappa shape index (κ3) is 14.7. The van der Waals surface area contributed by atoms with Crippen LogP contribution in [0.3, 0.4) is 0 Å². The van der Waals surface area contributed by atoms with Gasteiger partial charge in [-0.1, -0.05) is 117 Å². The second-order valence-corrected chi connectivity index (χ2v) is 27.5. The summed E-state index contributed by atoms with van der Waals surface area (Å²) in [6, 6.07) is 0. The van der Waals surface area contributed by atoms with Crippen molar-refractivity contribution in [1.29, 1.82) is 0 Å². The number of hydrogen-bond donors (Lipinski definition) is 0. The van der Waals surface area contributed by atoms with E-state index in [-0.39, 0.29) is 0 Å². The monoisotopic (exact) mass is 524 g/mol. The molecule has 0 aromatic rings. The largest absolute Gasteiger partial charge is 0.862 e. The molecule has 0 atom stereocenters. The molecule has 198 valence electrons. The first kappa shape index (κ1) is 33.3. The first-order valence-electron chi connectivity index (χ1n) is 13.8. The van der Waals surface area contributed by atoms with Crippen molar-refractivity contribution in [3.8, 4) is 0 Å². The molecule has 0 aliphatic heterocycles. The van der Waals surface area contributed by atoms with E-state index in [0.29, 0.717) is 0 Å². The van der Waals surface area contributed by atoms with E-state index < -0.39 is 31.5 Å². The van der Waals surface area contributed by atoms with Crippen LogP contribution in [0.25, 0.3) is 0 Å². The highest BCUT2D eigenvalue weighted by Crippen LogP contribution is 2.27. The van der Waals surface area contributed by atoms with E-state index in [2.05, 4.69) is 97.9 Å². The third-order valence-electron chi connectivity index (χ3n) is 5.55. The Morgan fingerprint density at radius 1 is 0.500 bits per heavy atom. The quantitative estimate of drug-likeness (QED) is 0.101. The number of hydrogen-bond acceptors (Lipinski definition) is 3. The molecule has 0 saturated carbocycles. The Labute approximate surface area is 217 Å². The van der Waals surface area contributed by atoms with E-state index in [9.17, 15) is 0 Å². The Morgan fingerprint density at radius 3 is 0.912 bits per heavy atom. The van der Waals surface area contributed by atoms with Gasteiger partial charge in [-0.3, -0.25) is 0 Å². The van der Waals surface area contributed by atoms with Crippen molar-refractivity contribution in [3.63, 3.8) is 0 Å². The summed E-state index contributed by atoms with van der Waals surface area (Å²) in [5, 5.41) is 3.29. The van der Waals surface area contributed by atoms with Crippen LogP contribution in [0.15, 0.2) is 34.4 Å². The lowest BCUT2D eigenvalue weighted by Gasteiger charge is -2.31. The van der Waals surface area contributed by atoms with Crippen molar-refractivity contribution in [2.75, 3.05) is 0 Å². The summed E-state index contributed by atoms with van der Waals surface area (Å²) in [6.45, 7) is 27.8. The summed E-state index contributed by atoms with van der Waals surface area (Å²) in [6.07, 6.45) is 17.1. The van der Waals surface area contributed by atoms with Gasteiger partial charge in [0.1, 0.15) is 24.2 Å². The van der Waals surface area contributed by atoms with Gasteiger partial charge >= 0.3 is 7.32 Å². The minimum absolute atomic E-state index is 0.723. The van der Waals surface area contributed by atoms with Gasteiger partial charge < -0.3 is 14.0 Å². The molecule has 0 aromatic heterocycles. The summed E-state index contributed by atoms with van der Waals surface area (Å²) in [5.74, 6) is 0. The zero-order valence-electron chi connectivity index (χ0n) is 24.9. The maximum Gasteiger partial charge on any atom is 0.862 e. The molecule has 0 aliphatic rings. The Bertz CT molecular complexity index is 563. The van der Waals surface area contributed by atoms with E-state index in [1.165, 1.54) is 38.5 Å². The van der Waals surface area contributed by atoms with E-state index in [1.807, 2.05) is 0 Å². The number of rotatable bonds is 18. The fourth-order valence-corrected chi connectivity index (χ4v) is 6.91. The lowest BCUT2D eigenvalue weighted by molar-refractivity contribution is 0.201. The van der Waals surface area contributed by atoms with Gasteiger partial charge in [-0.25, -0.2) is 0 Å². The predicted octanol–water partition coefficient (Wildman–Crippen LogP) is 9.88. The topological polar surface area (TPSA) is 27.7 Å². The Kier molecular flexibility index (Phi) is 15.8. The molecule has 0 unspecified atom stereocenters. The summed E-state index contributed by atoms with van der Waals surface area (Å²) in [4.78, 5) is 0. The van der Waals surface area contributed by atoms with Gasteiger partial charge in [0, 0.05) is 0 Å². The van der Waals surface area contributed by atoms with Crippen LogP contribution in [-0.4, -0.2) is 31.5 Å². The Balaban J connectivity index is 6.21. The molecule has 0 amide bonds. The van der Waals surface area contributed by atoms with E-state index in [0.717, 1.165) is 35.4 Å². The molecule has 0 fully saturated rings. The molecule has 0 aromatic carbocycles. The van der Waals surface area contributed by atoms with Crippen LogP contribution in [0, 0.1) is 0 Å².